The first-order chi connectivity index (χ1) is 12.0. The van der Waals surface area contributed by atoms with E-state index >= 15 is 0 Å². The number of nitrogens with zero attached hydrogens (tertiary/aromatic N) is 1. The molecule has 2 aromatic carbocycles. The third-order valence-electron chi connectivity index (χ3n) is 2.98. The lowest BCUT2D eigenvalue weighted by molar-refractivity contribution is -0.400. The smallest absolute Gasteiger partial charge is 0.349 e. The largest absolute Gasteiger partial charge is 0.493 e. The number of benzene rings is 2. The van der Waals surface area contributed by atoms with Gasteiger partial charge in [-0.15, -0.1) is 0 Å². The number of carbonyl (C=O) groups excluding carboxylic acids is 1. The van der Waals surface area contributed by atoms with Crippen LogP contribution >= 0.6 is 11.6 Å². The number of hydrogen-bond donors (Lipinski definition) is 0. The first-order valence-corrected chi connectivity index (χ1v) is 7.45. The molecule has 0 N–H and O–H groups in total. The molecule has 0 aliphatic rings. The molecular weight excluding hydrogens is 350 g/mol. The topological polar surface area (TPSA) is 87.9 Å². The summed E-state index contributed by atoms with van der Waals surface area (Å²) in [7, 11) is 1.40. The van der Waals surface area contributed by atoms with Gasteiger partial charge in [-0.3, -0.25) is 10.1 Å². The summed E-state index contributed by atoms with van der Waals surface area (Å²) in [6, 6.07) is 11.3. The zero-order chi connectivity index (χ0) is 18.2. The minimum Gasteiger partial charge on any atom is -0.493 e. The van der Waals surface area contributed by atoms with Crippen molar-refractivity contribution >= 4 is 23.6 Å². The lowest BCUT2D eigenvalue weighted by Gasteiger charge is -2.11. The average Bonchev–Trinajstić information content (AvgIpc) is 2.60. The first kappa shape index (κ1) is 18.3. The fraction of sp³-hybridized carbons (Fsp3) is 0.118. The van der Waals surface area contributed by atoms with Crippen LogP contribution in [0.25, 0.3) is 6.08 Å². The third-order valence-corrected chi connectivity index (χ3v) is 3.29. The van der Waals surface area contributed by atoms with Crippen molar-refractivity contribution < 1.29 is 23.9 Å². The summed E-state index contributed by atoms with van der Waals surface area (Å²) in [6.45, 7) is -0.337. The highest BCUT2D eigenvalue weighted by Gasteiger charge is 2.12. The Balaban J connectivity index is 2.02. The molecule has 0 bridgehead atoms. The molecule has 0 heterocycles. The van der Waals surface area contributed by atoms with Gasteiger partial charge in [0, 0.05) is 6.08 Å². The van der Waals surface area contributed by atoms with E-state index in [9.17, 15) is 14.9 Å². The van der Waals surface area contributed by atoms with Crippen LogP contribution in [0.5, 0.6) is 17.2 Å². The van der Waals surface area contributed by atoms with E-state index in [0.29, 0.717) is 16.3 Å². The number of nitro groups is 1. The van der Waals surface area contributed by atoms with Crippen LogP contribution in [0.2, 0.25) is 5.02 Å². The second-order valence-corrected chi connectivity index (χ2v) is 5.11. The van der Waals surface area contributed by atoms with Crippen LogP contribution in [-0.4, -0.2) is 24.6 Å². The normalized spacial score (nSPS) is 10.5. The zero-order valence-electron chi connectivity index (χ0n) is 13.2. The van der Waals surface area contributed by atoms with Crippen molar-refractivity contribution in [3.63, 3.8) is 0 Å². The average molecular weight is 364 g/mol. The second kappa shape index (κ2) is 8.70. The molecule has 25 heavy (non-hydrogen) atoms. The van der Waals surface area contributed by atoms with Gasteiger partial charge in [-0.1, -0.05) is 29.8 Å². The van der Waals surface area contributed by atoms with Crippen LogP contribution in [0.15, 0.2) is 48.7 Å². The fourth-order valence-corrected chi connectivity index (χ4v) is 2.06. The van der Waals surface area contributed by atoms with Crippen molar-refractivity contribution in [1.29, 1.82) is 0 Å². The van der Waals surface area contributed by atoms with E-state index < -0.39 is 10.9 Å². The van der Waals surface area contributed by atoms with E-state index in [1.54, 1.807) is 30.3 Å². The van der Waals surface area contributed by atoms with Crippen LogP contribution in [0.4, 0.5) is 0 Å². The van der Waals surface area contributed by atoms with Gasteiger partial charge < -0.3 is 14.2 Å². The minimum absolute atomic E-state index is 0.175. The van der Waals surface area contributed by atoms with Gasteiger partial charge in [0.05, 0.1) is 17.1 Å². The first-order valence-electron chi connectivity index (χ1n) is 7.07. The molecular formula is C17H14ClNO6. The Morgan fingerprint density at radius 1 is 1.20 bits per heavy atom. The molecule has 0 saturated heterocycles. The van der Waals surface area contributed by atoms with Crippen molar-refractivity contribution in [1.82, 2.24) is 0 Å². The SMILES string of the molecule is COc1cc(/C=C/[N+](=O)[O-])ccc1OC(=O)COc1ccccc1Cl. The number of para-hydroxylation sites is 1. The Morgan fingerprint density at radius 3 is 2.64 bits per heavy atom. The lowest BCUT2D eigenvalue weighted by Crippen LogP contribution is -2.18. The monoisotopic (exact) mass is 363 g/mol. The lowest BCUT2D eigenvalue weighted by atomic mass is 10.2. The summed E-state index contributed by atoms with van der Waals surface area (Å²) in [5.74, 6) is 0.158. The maximum Gasteiger partial charge on any atom is 0.349 e. The number of rotatable bonds is 7. The number of ether oxygens (including phenoxy) is 3. The highest BCUT2D eigenvalue weighted by atomic mass is 35.5. The molecule has 0 atom stereocenters. The number of methoxy groups -OCH3 is 1. The van der Waals surface area contributed by atoms with Crippen molar-refractivity contribution in [2.24, 2.45) is 0 Å². The van der Waals surface area contributed by atoms with E-state index in [2.05, 4.69) is 0 Å². The van der Waals surface area contributed by atoms with Crippen LogP contribution in [0.1, 0.15) is 5.56 Å². The maximum atomic E-state index is 11.9. The molecule has 7 nitrogen and oxygen atoms in total. The van der Waals surface area contributed by atoms with Gasteiger partial charge in [0.1, 0.15) is 5.75 Å². The molecule has 0 aliphatic carbocycles. The Kier molecular flexibility index (Phi) is 6.36. The summed E-state index contributed by atoms with van der Waals surface area (Å²) in [5, 5.41) is 10.7. The summed E-state index contributed by atoms with van der Waals surface area (Å²) in [5.41, 5.74) is 0.528. The summed E-state index contributed by atoms with van der Waals surface area (Å²) >= 11 is 5.93. The molecule has 0 unspecified atom stereocenters. The maximum absolute atomic E-state index is 11.9. The number of halogens is 1. The summed E-state index contributed by atoms with van der Waals surface area (Å²) < 4.78 is 15.6. The van der Waals surface area contributed by atoms with Gasteiger partial charge in [-0.25, -0.2) is 4.79 Å². The standard InChI is InChI=1S/C17H14ClNO6/c1-23-16-10-12(8-9-19(21)22)6-7-15(16)25-17(20)11-24-14-5-3-2-4-13(14)18/h2-10H,11H2,1H3/b9-8+. The summed E-state index contributed by atoms with van der Waals surface area (Å²) in [4.78, 5) is 21.7. The molecule has 2 aromatic rings. The number of carbonyl (C=O) groups is 1. The van der Waals surface area contributed by atoms with Crippen molar-refractivity contribution in [2.45, 2.75) is 0 Å². The minimum atomic E-state index is -0.646. The summed E-state index contributed by atoms with van der Waals surface area (Å²) in [6.07, 6.45) is 2.10. The Hall–Kier alpha value is -3.06. The van der Waals surface area contributed by atoms with Crippen LogP contribution in [-0.2, 0) is 4.79 Å². The molecule has 0 aliphatic heterocycles. The fourth-order valence-electron chi connectivity index (χ4n) is 1.87. The molecule has 0 saturated carbocycles. The van der Waals surface area contributed by atoms with Crippen LogP contribution < -0.4 is 14.2 Å². The molecule has 0 aromatic heterocycles. The van der Waals surface area contributed by atoms with Crippen LogP contribution in [0, 0.1) is 10.1 Å². The number of esters is 1. The van der Waals surface area contributed by atoms with Crippen molar-refractivity contribution in [3.8, 4) is 17.2 Å². The predicted molar refractivity (Wildman–Crippen MR) is 91.6 cm³/mol. The van der Waals surface area contributed by atoms with Gasteiger partial charge in [0.2, 0.25) is 6.20 Å². The third kappa shape index (κ3) is 5.50. The Bertz CT molecular complexity index is 805. The highest BCUT2D eigenvalue weighted by molar-refractivity contribution is 6.32. The van der Waals surface area contributed by atoms with Gasteiger partial charge >= 0.3 is 5.97 Å². The van der Waals surface area contributed by atoms with E-state index in [1.165, 1.54) is 25.3 Å². The van der Waals surface area contributed by atoms with E-state index in [1.807, 2.05) is 0 Å². The van der Waals surface area contributed by atoms with Gasteiger partial charge in [-0.2, -0.15) is 0 Å². The van der Waals surface area contributed by atoms with Crippen molar-refractivity contribution in [2.75, 3.05) is 13.7 Å². The molecule has 0 radical (unpaired) electrons. The van der Waals surface area contributed by atoms with Gasteiger partial charge in [0.15, 0.2) is 18.1 Å². The second-order valence-electron chi connectivity index (χ2n) is 4.70. The quantitative estimate of drug-likeness (QED) is 0.323. The number of hydrogen-bond acceptors (Lipinski definition) is 6. The van der Waals surface area contributed by atoms with E-state index in [4.69, 9.17) is 25.8 Å². The molecule has 130 valence electrons. The predicted octanol–water partition coefficient (Wildman–Crippen LogP) is 3.58. The Morgan fingerprint density at radius 2 is 1.96 bits per heavy atom. The zero-order valence-corrected chi connectivity index (χ0v) is 13.9. The molecule has 2 rings (SSSR count). The van der Waals surface area contributed by atoms with Crippen molar-refractivity contribution in [3.05, 3.63) is 69.4 Å². The molecule has 0 fully saturated rings. The highest BCUT2D eigenvalue weighted by Crippen LogP contribution is 2.29. The van der Waals surface area contributed by atoms with Crippen LogP contribution in [0.3, 0.4) is 0 Å². The molecule has 0 spiro atoms. The van der Waals surface area contributed by atoms with E-state index in [0.717, 1.165) is 6.20 Å². The van der Waals surface area contributed by atoms with Gasteiger partial charge in [0.25, 0.3) is 0 Å². The molecule has 8 heteroatoms. The van der Waals surface area contributed by atoms with Gasteiger partial charge in [-0.05, 0) is 29.8 Å². The Labute approximate surface area is 148 Å². The van der Waals surface area contributed by atoms with E-state index in [-0.39, 0.29) is 18.1 Å². The molecule has 0 amide bonds.